The van der Waals surface area contributed by atoms with Gasteiger partial charge in [-0.2, -0.15) is 0 Å². The van der Waals surface area contributed by atoms with Crippen molar-refractivity contribution >= 4 is 0 Å². The van der Waals surface area contributed by atoms with Gasteiger partial charge < -0.3 is 5.32 Å². The van der Waals surface area contributed by atoms with E-state index in [1.807, 2.05) is 0 Å². The van der Waals surface area contributed by atoms with Gasteiger partial charge in [-0.3, -0.25) is 0 Å². The van der Waals surface area contributed by atoms with E-state index in [-0.39, 0.29) is 0 Å². The molecule has 0 saturated heterocycles. The van der Waals surface area contributed by atoms with Gasteiger partial charge in [0.15, 0.2) is 0 Å². The maximum Gasteiger partial charge on any atom is 0.00928 e. The minimum absolute atomic E-state index is 0.819. The Balaban J connectivity index is 2.10. The number of rotatable bonds is 5. The highest BCUT2D eigenvalue weighted by atomic mass is 14.9. The lowest BCUT2D eigenvalue weighted by atomic mass is 10.0. The van der Waals surface area contributed by atoms with E-state index >= 15 is 0 Å². The van der Waals surface area contributed by atoms with Crippen LogP contribution >= 0.6 is 0 Å². The van der Waals surface area contributed by atoms with Crippen molar-refractivity contribution in [1.82, 2.24) is 5.32 Å². The van der Waals surface area contributed by atoms with Crippen LogP contribution in [0.1, 0.15) is 52.9 Å². The molecule has 0 aromatic rings. The Kier molecular flexibility index (Phi) is 4.79. The van der Waals surface area contributed by atoms with Gasteiger partial charge in [0, 0.05) is 6.04 Å². The fraction of sp³-hybridized carbons (Fsp3) is 1.00. The molecule has 13 heavy (non-hydrogen) atoms. The Morgan fingerprint density at radius 3 is 2.69 bits per heavy atom. The van der Waals surface area contributed by atoms with E-state index in [0.29, 0.717) is 0 Å². The molecule has 78 valence electrons. The van der Waals surface area contributed by atoms with Crippen LogP contribution in [0, 0.1) is 11.8 Å². The van der Waals surface area contributed by atoms with E-state index in [1.165, 1.54) is 38.6 Å². The highest BCUT2D eigenvalue weighted by molar-refractivity contribution is 4.80. The fourth-order valence-electron chi connectivity index (χ4n) is 2.40. The first kappa shape index (κ1) is 11.0. The van der Waals surface area contributed by atoms with Crippen LogP contribution in [0.3, 0.4) is 0 Å². The van der Waals surface area contributed by atoms with Gasteiger partial charge in [-0.1, -0.05) is 33.6 Å². The average Bonchev–Trinajstić information content (AvgIpc) is 2.48. The standard InChI is InChI=1S/C12H25N/c1-4-6-10(2)9-13-12-8-5-7-11(12)3/h10-13H,4-9H2,1-3H3. The summed E-state index contributed by atoms with van der Waals surface area (Å²) in [5.74, 6) is 1.77. The van der Waals surface area contributed by atoms with Crippen molar-refractivity contribution in [2.75, 3.05) is 6.54 Å². The van der Waals surface area contributed by atoms with E-state index in [4.69, 9.17) is 0 Å². The molecule has 0 amide bonds. The second-order valence-corrected chi connectivity index (χ2v) is 4.82. The summed E-state index contributed by atoms with van der Waals surface area (Å²) in [6, 6.07) is 0.819. The first-order valence-corrected chi connectivity index (χ1v) is 5.97. The minimum Gasteiger partial charge on any atom is -0.313 e. The molecule has 0 aromatic heterocycles. The number of hydrogen-bond donors (Lipinski definition) is 1. The van der Waals surface area contributed by atoms with E-state index in [9.17, 15) is 0 Å². The van der Waals surface area contributed by atoms with Crippen LogP contribution < -0.4 is 5.32 Å². The van der Waals surface area contributed by atoms with E-state index in [0.717, 1.165) is 17.9 Å². The monoisotopic (exact) mass is 183 g/mol. The van der Waals surface area contributed by atoms with Gasteiger partial charge in [0.25, 0.3) is 0 Å². The lowest BCUT2D eigenvalue weighted by Gasteiger charge is -2.20. The lowest BCUT2D eigenvalue weighted by Crippen LogP contribution is -2.34. The quantitative estimate of drug-likeness (QED) is 0.690. The molecular weight excluding hydrogens is 158 g/mol. The molecule has 1 aliphatic carbocycles. The van der Waals surface area contributed by atoms with Crippen LogP contribution in [0.4, 0.5) is 0 Å². The predicted octanol–water partition coefficient (Wildman–Crippen LogP) is 3.20. The maximum atomic E-state index is 3.72. The van der Waals surface area contributed by atoms with Crippen LogP contribution in [-0.2, 0) is 0 Å². The van der Waals surface area contributed by atoms with Gasteiger partial charge in [0.1, 0.15) is 0 Å². The number of hydrogen-bond acceptors (Lipinski definition) is 1. The zero-order chi connectivity index (χ0) is 9.68. The third kappa shape index (κ3) is 3.68. The van der Waals surface area contributed by atoms with Crippen LogP contribution in [0.5, 0.6) is 0 Å². The minimum atomic E-state index is 0.819. The van der Waals surface area contributed by atoms with Crippen molar-refractivity contribution in [2.45, 2.75) is 58.9 Å². The Labute approximate surface area is 83.3 Å². The number of nitrogens with one attached hydrogen (secondary N) is 1. The Hall–Kier alpha value is -0.0400. The normalized spacial score (nSPS) is 30.7. The zero-order valence-electron chi connectivity index (χ0n) is 9.47. The van der Waals surface area contributed by atoms with Gasteiger partial charge >= 0.3 is 0 Å². The molecule has 0 bridgehead atoms. The molecule has 1 rings (SSSR count). The van der Waals surface area contributed by atoms with Crippen molar-refractivity contribution in [3.63, 3.8) is 0 Å². The second-order valence-electron chi connectivity index (χ2n) is 4.82. The van der Waals surface area contributed by atoms with Crippen molar-refractivity contribution in [1.29, 1.82) is 0 Å². The lowest BCUT2D eigenvalue weighted by molar-refractivity contribution is 0.380. The third-order valence-corrected chi connectivity index (χ3v) is 3.37. The van der Waals surface area contributed by atoms with Crippen molar-refractivity contribution in [3.8, 4) is 0 Å². The molecule has 1 nitrogen and oxygen atoms in total. The van der Waals surface area contributed by atoms with Crippen LogP contribution in [0.25, 0.3) is 0 Å². The first-order valence-electron chi connectivity index (χ1n) is 5.97. The first-order chi connectivity index (χ1) is 6.24. The van der Waals surface area contributed by atoms with Crippen LogP contribution in [0.15, 0.2) is 0 Å². The summed E-state index contributed by atoms with van der Waals surface area (Å²) in [6.07, 6.45) is 6.96. The fourth-order valence-corrected chi connectivity index (χ4v) is 2.40. The highest BCUT2D eigenvalue weighted by Gasteiger charge is 2.22. The molecule has 0 aromatic carbocycles. The molecular formula is C12H25N. The molecule has 0 aliphatic heterocycles. The van der Waals surface area contributed by atoms with Gasteiger partial charge in [0.05, 0.1) is 0 Å². The van der Waals surface area contributed by atoms with Gasteiger partial charge in [-0.25, -0.2) is 0 Å². The van der Waals surface area contributed by atoms with E-state index < -0.39 is 0 Å². The Morgan fingerprint density at radius 1 is 1.38 bits per heavy atom. The summed E-state index contributed by atoms with van der Waals surface area (Å²) < 4.78 is 0. The van der Waals surface area contributed by atoms with Crippen molar-refractivity contribution in [2.24, 2.45) is 11.8 Å². The molecule has 1 N–H and O–H groups in total. The van der Waals surface area contributed by atoms with Crippen molar-refractivity contribution in [3.05, 3.63) is 0 Å². The summed E-state index contributed by atoms with van der Waals surface area (Å²) in [4.78, 5) is 0. The molecule has 1 fully saturated rings. The molecule has 1 aliphatic rings. The molecule has 3 unspecified atom stereocenters. The molecule has 0 spiro atoms. The molecule has 3 atom stereocenters. The third-order valence-electron chi connectivity index (χ3n) is 3.37. The second kappa shape index (κ2) is 5.64. The SMILES string of the molecule is CCCC(C)CNC1CCCC1C. The predicted molar refractivity (Wildman–Crippen MR) is 58.9 cm³/mol. The molecule has 1 heteroatoms. The summed E-state index contributed by atoms with van der Waals surface area (Å²) in [7, 11) is 0. The topological polar surface area (TPSA) is 12.0 Å². The summed E-state index contributed by atoms with van der Waals surface area (Å²) >= 11 is 0. The van der Waals surface area contributed by atoms with Crippen LogP contribution in [-0.4, -0.2) is 12.6 Å². The van der Waals surface area contributed by atoms with E-state index in [1.54, 1.807) is 0 Å². The average molecular weight is 183 g/mol. The summed E-state index contributed by atoms with van der Waals surface area (Å²) in [5, 5.41) is 3.72. The zero-order valence-corrected chi connectivity index (χ0v) is 9.47. The van der Waals surface area contributed by atoms with Gasteiger partial charge in [-0.05, 0) is 37.6 Å². The Morgan fingerprint density at radius 2 is 2.15 bits per heavy atom. The van der Waals surface area contributed by atoms with Crippen LogP contribution in [0.2, 0.25) is 0 Å². The van der Waals surface area contributed by atoms with Gasteiger partial charge in [-0.15, -0.1) is 0 Å². The Bertz CT molecular complexity index is 133. The van der Waals surface area contributed by atoms with Gasteiger partial charge in [0.2, 0.25) is 0 Å². The molecule has 0 radical (unpaired) electrons. The summed E-state index contributed by atoms with van der Waals surface area (Å²) in [6.45, 7) is 8.24. The largest absolute Gasteiger partial charge is 0.313 e. The van der Waals surface area contributed by atoms with E-state index in [2.05, 4.69) is 26.1 Å². The summed E-state index contributed by atoms with van der Waals surface area (Å²) in [5.41, 5.74) is 0. The smallest absolute Gasteiger partial charge is 0.00928 e. The molecule has 1 saturated carbocycles. The highest BCUT2D eigenvalue weighted by Crippen LogP contribution is 2.24. The maximum absolute atomic E-state index is 3.72. The molecule has 0 heterocycles. The van der Waals surface area contributed by atoms with Crippen molar-refractivity contribution < 1.29 is 0 Å².